The molecule has 4 heterocycles. The van der Waals surface area contributed by atoms with Gasteiger partial charge in [0.15, 0.2) is 16.1 Å². The van der Waals surface area contributed by atoms with Crippen LogP contribution in [0.4, 0.5) is 39.8 Å². The highest BCUT2D eigenvalue weighted by Gasteiger charge is 2.57. The van der Waals surface area contributed by atoms with Crippen LogP contribution in [0.5, 0.6) is 23.0 Å². The number of fused-ring (bicyclic) bond motifs is 21. The van der Waals surface area contributed by atoms with Gasteiger partial charge < -0.3 is 19.3 Å². The molecule has 6 nitrogen and oxygen atoms in total. The zero-order chi connectivity index (χ0) is 45.6. The number of hydrogen-bond acceptors (Lipinski definition) is 5. The minimum atomic E-state index is -3.03. The molecule has 2 bridgehead atoms. The Balaban J connectivity index is 1.04. The molecule has 8 heteroatoms. The second kappa shape index (κ2) is 14.1. The SMILES string of the molecule is [C-]#[N+]c1c(C#N)c(N2c3ccccc3[Si]3(c4ccccc4Oc4ccccc43)c3ccccc32)c2c(c1N1c3ccccc3[Si]3(c4ccccc4Oc4ccccc43)c3ccccc31)C1CCC2C1. The van der Waals surface area contributed by atoms with Crippen molar-refractivity contribution in [3.8, 4) is 29.1 Å². The van der Waals surface area contributed by atoms with Crippen molar-refractivity contribution in [2.45, 2.75) is 31.1 Å². The number of anilines is 6. The Morgan fingerprint density at radius 1 is 0.435 bits per heavy atom. The molecule has 9 aromatic carbocycles. The molecule has 15 rings (SSSR count). The van der Waals surface area contributed by atoms with E-state index in [1.165, 1.54) is 52.6 Å². The average Bonchev–Trinajstić information content (AvgIpc) is 4.04. The number of ether oxygens (including phenoxy) is 2. The molecule has 4 aliphatic heterocycles. The van der Waals surface area contributed by atoms with Crippen LogP contribution >= 0.6 is 0 Å². The molecule has 0 saturated heterocycles. The lowest BCUT2D eigenvalue weighted by molar-refractivity contribution is 0.487. The van der Waals surface area contributed by atoms with Crippen molar-refractivity contribution >= 4 is 97.5 Å². The van der Waals surface area contributed by atoms with Gasteiger partial charge in [-0.1, -0.05) is 146 Å². The molecular formula is C61H40N4O2Si2. The van der Waals surface area contributed by atoms with Crippen molar-refractivity contribution < 1.29 is 9.47 Å². The molecule has 2 aliphatic carbocycles. The van der Waals surface area contributed by atoms with E-state index in [0.717, 1.165) is 76.4 Å². The van der Waals surface area contributed by atoms with Gasteiger partial charge in [0.05, 0.1) is 29.6 Å². The summed E-state index contributed by atoms with van der Waals surface area (Å²) in [6, 6.07) is 72.6. The normalized spacial score (nSPS) is 18.1. The van der Waals surface area contributed by atoms with Gasteiger partial charge >= 0.3 is 0 Å². The van der Waals surface area contributed by atoms with Crippen molar-refractivity contribution in [2.75, 3.05) is 9.80 Å². The maximum absolute atomic E-state index is 11.9. The van der Waals surface area contributed by atoms with E-state index in [2.05, 4.69) is 215 Å². The lowest BCUT2D eigenvalue weighted by Gasteiger charge is -2.49. The van der Waals surface area contributed by atoms with E-state index in [9.17, 15) is 11.8 Å². The molecule has 2 atom stereocenters. The third kappa shape index (κ3) is 4.72. The largest absolute Gasteiger partial charge is 0.458 e. The fraction of sp³-hybridized carbons (Fsp3) is 0.0820. The van der Waals surface area contributed by atoms with E-state index in [4.69, 9.17) is 9.47 Å². The van der Waals surface area contributed by atoms with Crippen molar-refractivity contribution in [1.29, 1.82) is 5.26 Å². The van der Waals surface area contributed by atoms with E-state index in [1.807, 2.05) is 0 Å². The van der Waals surface area contributed by atoms with Gasteiger partial charge in [-0.2, -0.15) is 5.26 Å². The summed E-state index contributed by atoms with van der Waals surface area (Å²) in [5.74, 6) is 4.00. The summed E-state index contributed by atoms with van der Waals surface area (Å²) < 4.78 is 13.5. The lowest BCUT2D eigenvalue weighted by atomic mass is 9.84. The third-order valence-electron chi connectivity index (χ3n) is 16.2. The summed E-state index contributed by atoms with van der Waals surface area (Å²) in [6.45, 7) is 9.33. The minimum Gasteiger partial charge on any atom is -0.458 e. The Labute approximate surface area is 402 Å². The molecule has 0 radical (unpaired) electrons. The van der Waals surface area contributed by atoms with Gasteiger partial charge in [-0.05, 0) is 132 Å². The number of rotatable bonds is 2. The van der Waals surface area contributed by atoms with E-state index < -0.39 is 16.1 Å². The predicted molar refractivity (Wildman–Crippen MR) is 281 cm³/mol. The second-order valence-corrected chi connectivity index (χ2v) is 26.4. The fourth-order valence-electron chi connectivity index (χ4n) is 13.9. The zero-order valence-corrected chi connectivity index (χ0v) is 39.4. The van der Waals surface area contributed by atoms with Gasteiger partial charge in [-0.3, -0.25) is 0 Å². The van der Waals surface area contributed by atoms with Crippen molar-refractivity contribution in [1.82, 2.24) is 0 Å². The van der Waals surface area contributed by atoms with E-state index in [1.54, 1.807) is 0 Å². The summed E-state index contributed by atoms with van der Waals surface area (Å²) in [5.41, 5.74) is 9.21. The van der Waals surface area contributed by atoms with Gasteiger partial charge in [-0.25, -0.2) is 4.85 Å². The molecule has 6 aliphatic rings. The fourth-order valence-corrected chi connectivity index (χ4v) is 24.5. The lowest BCUT2D eigenvalue weighted by Crippen LogP contribution is -2.78. The molecule has 2 spiro atoms. The van der Waals surface area contributed by atoms with Crippen LogP contribution in [0.3, 0.4) is 0 Å². The smallest absolute Gasteiger partial charge is 0.230 e. The van der Waals surface area contributed by atoms with Gasteiger partial charge in [0.2, 0.25) is 5.69 Å². The summed E-state index contributed by atoms with van der Waals surface area (Å²) in [4.78, 5) is 9.35. The quantitative estimate of drug-likeness (QED) is 0.128. The van der Waals surface area contributed by atoms with Crippen molar-refractivity contribution in [3.05, 3.63) is 222 Å². The van der Waals surface area contributed by atoms with Crippen LogP contribution in [0, 0.1) is 17.9 Å². The highest BCUT2D eigenvalue weighted by atomic mass is 28.3. The van der Waals surface area contributed by atoms with Crippen LogP contribution in [0.25, 0.3) is 4.85 Å². The Bertz CT molecular complexity index is 3390. The first kappa shape index (κ1) is 38.7. The van der Waals surface area contributed by atoms with Crippen molar-refractivity contribution in [2.24, 2.45) is 0 Å². The molecule has 9 aromatic rings. The average molecular weight is 917 g/mol. The van der Waals surface area contributed by atoms with Gasteiger partial charge in [0.25, 0.3) is 0 Å². The van der Waals surface area contributed by atoms with Crippen LogP contribution < -0.4 is 60.8 Å². The van der Waals surface area contributed by atoms with Crippen LogP contribution in [0.15, 0.2) is 194 Å². The summed E-state index contributed by atoms with van der Waals surface area (Å²) in [6.07, 6.45) is 3.07. The standard InChI is InChI=1S/C61H40N4O2Si2/c1-63-59-40(37-62)60(64-41-18-2-10-26-49(41)68(50-27-11-3-19-42(50)64)53-30-14-6-22-45(53)66-46-23-7-15-31-54(46)68)57-38-34-35-39(36-38)58(57)61(59)65-43-20-4-12-28-51(43)69(52-29-13-5-21-44(52)65)55-32-16-8-24-47(55)67-48-25-9-17-33-56(48)69/h2-33,38-39H,34-36H2. The van der Waals surface area contributed by atoms with Crippen LogP contribution in [-0.2, 0) is 0 Å². The monoisotopic (exact) mass is 916 g/mol. The molecule has 0 N–H and O–H groups in total. The predicted octanol–water partition coefficient (Wildman–Crippen LogP) is 10.0. The number of nitrogens with zero attached hydrogens (tertiary/aromatic N) is 4. The molecular weight excluding hydrogens is 877 g/mol. The summed E-state index contributed by atoms with van der Waals surface area (Å²) in [7, 11) is -6.06. The summed E-state index contributed by atoms with van der Waals surface area (Å²) in [5, 5.41) is 21.8. The molecule has 69 heavy (non-hydrogen) atoms. The molecule has 324 valence electrons. The maximum Gasteiger partial charge on any atom is 0.230 e. The van der Waals surface area contributed by atoms with Crippen molar-refractivity contribution in [3.63, 3.8) is 0 Å². The number of benzene rings is 9. The van der Waals surface area contributed by atoms with E-state index in [0.29, 0.717) is 11.3 Å². The van der Waals surface area contributed by atoms with Crippen LogP contribution in [0.1, 0.15) is 47.8 Å². The molecule has 2 unspecified atom stereocenters. The van der Waals surface area contributed by atoms with Gasteiger partial charge in [0, 0.05) is 22.7 Å². The first-order valence-electron chi connectivity index (χ1n) is 23.9. The van der Waals surface area contributed by atoms with Crippen LogP contribution in [-0.4, -0.2) is 16.1 Å². The molecule has 1 saturated carbocycles. The van der Waals surface area contributed by atoms with E-state index >= 15 is 0 Å². The van der Waals surface area contributed by atoms with Gasteiger partial charge in [-0.15, -0.1) is 0 Å². The first-order chi connectivity index (χ1) is 34.2. The van der Waals surface area contributed by atoms with E-state index in [-0.39, 0.29) is 11.8 Å². The molecule has 0 aromatic heterocycles. The Kier molecular flexibility index (Phi) is 7.89. The third-order valence-corrected chi connectivity index (χ3v) is 26.0. The number of nitriles is 1. The first-order valence-corrected chi connectivity index (χ1v) is 27.9. The minimum absolute atomic E-state index is 0.230. The Hall–Kier alpha value is -8.41. The van der Waals surface area contributed by atoms with Crippen LogP contribution in [0.2, 0.25) is 0 Å². The topological polar surface area (TPSA) is 53.1 Å². The molecule has 0 amide bonds. The zero-order valence-electron chi connectivity index (χ0n) is 37.4. The summed E-state index contributed by atoms with van der Waals surface area (Å²) >= 11 is 0. The Morgan fingerprint density at radius 2 is 0.739 bits per heavy atom. The highest BCUT2D eigenvalue weighted by Crippen LogP contribution is 2.65. The molecule has 1 fully saturated rings. The second-order valence-electron chi connectivity index (χ2n) is 19.1. The number of hydrogen-bond donors (Lipinski definition) is 0. The Morgan fingerprint density at radius 3 is 1.09 bits per heavy atom. The highest BCUT2D eigenvalue weighted by molar-refractivity contribution is 7.23. The number of para-hydroxylation sites is 8. The maximum atomic E-state index is 11.9. The van der Waals surface area contributed by atoms with Gasteiger partial charge in [0.1, 0.15) is 23.0 Å².